The Labute approximate surface area is 98.1 Å². The normalized spacial score (nSPS) is 19.7. The second-order valence-electron chi connectivity index (χ2n) is 4.98. The molecule has 0 spiro atoms. The van der Waals surface area contributed by atoms with Crippen LogP contribution in [-0.2, 0) is 0 Å². The van der Waals surface area contributed by atoms with E-state index < -0.39 is 0 Å². The van der Waals surface area contributed by atoms with Crippen LogP contribution in [0.25, 0.3) is 0 Å². The zero-order chi connectivity index (χ0) is 11.5. The lowest BCUT2D eigenvalue weighted by Gasteiger charge is -2.21. The summed E-state index contributed by atoms with van der Waals surface area (Å²) in [4.78, 5) is 4.27. The van der Waals surface area contributed by atoms with E-state index in [0.717, 1.165) is 12.3 Å². The fraction of sp³-hybridized carbons (Fsp3) is 0.769. The van der Waals surface area contributed by atoms with E-state index in [-0.39, 0.29) is 6.04 Å². The van der Waals surface area contributed by atoms with Crippen LogP contribution in [0.2, 0.25) is 0 Å². The number of nitrogens with two attached hydrogens (primary N) is 1. The van der Waals surface area contributed by atoms with Gasteiger partial charge in [0, 0.05) is 18.3 Å². The predicted molar refractivity (Wildman–Crippen MR) is 66.1 cm³/mol. The van der Waals surface area contributed by atoms with Gasteiger partial charge >= 0.3 is 0 Å². The van der Waals surface area contributed by atoms with Crippen molar-refractivity contribution in [3.63, 3.8) is 0 Å². The van der Waals surface area contributed by atoms with Gasteiger partial charge in [-0.1, -0.05) is 26.7 Å². The Kier molecular flexibility index (Phi) is 3.64. The minimum absolute atomic E-state index is 0.135. The van der Waals surface area contributed by atoms with Crippen LogP contribution < -0.4 is 5.73 Å². The SMILES string of the molecule is CCC(CC1CC1)n1cncc1[C@H](N)CC. The predicted octanol–water partition coefficient (Wildman–Crippen LogP) is 3.04. The molecule has 1 unspecified atom stereocenters. The molecule has 1 saturated carbocycles. The molecule has 0 saturated heterocycles. The molecule has 1 heterocycles. The number of rotatable bonds is 6. The summed E-state index contributed by atoms with van der Waals surface area (Å²) in [5, 5.41) is 0. The zero-order valence-electron chi connectivity index (χ0n) is 10.4. The van der Waals surface area contributed by atoms with Gasteiger partial charge in [-0.15, -0.1) is 0 Å². The van der Waals surface area contributed by atoms with Gasteiger partial charge in [0.2, 0.25) is 0 Å². The van der Waals surface area contributed by atoms with Crippen molar-refractivity contribution in [3.8, 4) is 0 Å². The van der Waals surface area contributed by atoms with E-state index >= 15 is 0 Å². The van der Waals surface area contributed by atoms with E-state index in [1.54, 1.807) is 0 Å². The Hall–Kier alpha value is -0.830. The molecular weight excluding hydrogens is 198 g/mol. The van der Waals surface area contributed by atoms with Crippen LogP contribution in [0.1, 0.15) is 63.7 Å². The Bertz CT molecular complexity index is 328. The Balaban J connectivity index is 2.12. The fourth-order valence-corrected chi connectivity index (χ4v) is 2.33. The molecule has 1 aliphatic rings. The lowest BCUT2D eigenvalue weighted by molar-refractivity contribution is 0.407. The monoisotopic (exact) mass is 221 g/mol. The average Bonchev–Trinajstić information content (AvgIpc) is 3.00. The first-order valence-corrected chi connectivity index (χ1v) is 6.53. The third-order valence-corrected chi connectivity index (χ3v) is 3.68. The van der Waals surface area contributed by atoms with Crippen LogP contribution in [0.15, 0.2) is 12.5 Å². The van der Waals surface area contributed by atoms with Crippen molar-refractivity contribution in [2.24, 2.45) is 11.7 Å². The molecule has 0 amide bonds. The maximum absolute atomic E-state index is 6.12. The molecule has 0 aromatic carbocycles. The quantitative estimate of drug-likeness (QED) is 0.802. The zero-order valence-corrected chi connectivity index (χ0v) is 10.4. The average molecular weight is 221 g/mol. The van der Waals surface area contributed by atoms with Crippen molar-refractivity contribution >= 4 is 0 Å². The Morgan fingerprint density at radius 1 is 1.44 bits per heavy atom. The van der Waals surface area contributed by atoms with Crippen molar-refractivity contribution < 1.29 is 0 Å². The maximum Gasteiger partial charge on any atom is 0.0951 e. The smallest absolute Gasteiger partial charge is 0.0951 e. The molecule has 1 aromatic heterocycles. The van der Waals surface area contributed by atoms with E-state index in [1.165, 1.54) is 31.4 Å². The summed E-state index contributed by atoms with van der Waals surface area (Å²) in [6.07, 6.45) is 10.2. The molecule has 1 aromatic rings. The lowest BCUT2D eigenvalue weighted by Crippen LogP contribution is -2.18. The van der Waals surface area contributed by atoms with Gasteiger partial charge in [0.25, 0.3) is 0 Å². The molecule has 2 rings (SSSR count). The molecule has 16 heavy (non-hydrogen) atoms. The second-order valence-corrected chi connectivity index (χ2v) is 4.98. The van der Waals surface area contributed by atoms with E-state index in [2.05, 4.69) is 23.4 Å². The van der Waals surface area contributed by atoms with E-state index in [0.29, 0.717) is 6.04 Å². The molecule has 90 valence electrons. The van der Waals surface area contributed by atoms with Gasteiger partial charge in [0.1, 0.15) is 0 Å². The van der Waals surface area contributed by atoms with Crippen LogP contribution in [0, 0.1) is 5.92 Å². The highest BCUT2D eigenvalue weighted by atomic mass is 15.1. The third kappa shape index (κ3) is 2.46. The number of aromatic nitrogens is 2. The number of hydrogen-bond acceptors (Lipinski definition) is 2. The minimum atomic E-state index is 0.135. The third-order valence-electron chi connectivity index (χ3n) is 3.68. The highest BCUT2D eigenvalue weighted by Crippen LogP contribution is 2.38. The van der Waals surface area contributed by atoms with Crippen LogP contribution >= 0.6 is 0 Å². The first-order chi connectivity index (χ1) is 7.76. The van der Waals surface area contributed by atoms with E-state index in [9.17, 15) is 0 Å². The van der Waals surface area contributed by atoms with Crippen molar-refractivity contribution in [1.29, 1.82) is 0 Å². The van der Waals surface area contributed by atoms with Crippen molar-refractivity contribution in [3.05, 3.63) is 18.2 Å². The summed E-state index contributed by atoms with van der Waals surface area (Å²) >= 11 is 0. The molecule has 2 N–H and O–H groups in total. The standard InChI is InChI=1S/C13H23N3/c1-3-11(7-10-5-6-10)16-9-15-8-13(16)12(14)4-2/h8-12H,3-7,14H2,1-2H3/t11?,12-/m1/s1. The summed E-state index contributed by atoms with van der Waals surface area (Å²) in [6, 6.07) is 0.735. The van der Waals surface area contributed by atoms with Crippen molar-refractivity contribution in [1.82, 2.24) is 9.55 Å². The molecule has 3 heteroatoms. The molecule has 0 radical (unpaired) electrons. The molecular formula is C13H23N3. The minimum Gasteiger partial charge on any atom is -0.330 e. The molecule has 0 bridgehead atoms. The molecule has 1 aliphatic carbocycles. The maximum atomic E-state index is 6.12. The topological polar surface area (TPSA) is 43.8 Å². The summed E-state index contributed by atoms with van der Waals surface area (Å²) in [7, 11) is 0. The van der Waals surface area contributed by atoms with Gasteiger partial charge in [-0.2, -0.15) is 0 Å². The molecule has 0 aliphatic heterocycles. The number of hydrogen-bond donors (Lipinski definition) is 1. The Morgan fingerprint density at radius 2 is 2.19 bits per heavy atom. The fourth-order valence-electron chi connectivity index (χ4n) is 2.33. The van der Waals surface area contributed by atoms with Crippen LogP contribution in [-0.4, -0.2) is 9.55 Å². The summed E-state index contributed by atoms with van der Waals surface area (Å²) in [5.41, 5.74) is 7.32. The van der Waals surface area contributed by atoms with Gasteiger partial charge in [-0.25, -0.2) is 4.98 Å². The van der Waals surface area contributed by atoms with Gasteiger partial charge in [0.05, 0.1) is 12.0 Å². The van der Waals surface area contributed by atoms with Crippen molar-refractivity contribution in [2.75, 3.05) is 0 Å². The number of nitrogens with zero attached hydrogens (tertiary/aromatic N) is 2. The molecule has 2 atom stereocenters. The number of imidazole rings is 1. The first-order valence-electron chi connectivity index (χ1n) is 6.53. The summed E-state index contributed by atoms with van der Waals surface area (Å²) in [6.45, 7) is 4.39. The highest BCUT2D eigenvalue weighted by molar-refractivity contribution is 5.06. The van der Waals surface area contributed by atoms with Gasteiger partial charge < -0.3 is 10.3 Å². The summed E-state index contributed by atoms with van der Waals surface area (Å²) in [5.74, 6) is 0.957. The van der Waals surface area contributed by atoms with Gasteiger partial charge in [0.15, 0.2) is 0 Å². The van der Waals surface area contributed by atoms with Gasteiger partial charge in [-0.05, 0) is 25.2 Å². The summed E-state index contributed by atoms with van der Waals surface area (Å²) < 4.78 is 2.31. The van der Waals surface area contributed by atoms with E-state index in [1.807, 2.05) is 12.5 Å². The molecule has 3 nitrogen and oxygen atoms in total. The van der Waals surface area contributed by atoms with Crippen LogP contribution in [0.3, 0.4) is 0 Å². The first kappa shape index (κ1) is 11.6. The van der Waals surface area contributed by atoms with Crippen LogP contribution in [0.4, 0.5) is 0 Å². The van der Waals surface area contributed by atoms with Crippen molar-refractivity contribution in [2.45, 2.75) is 58.0 Å². The second kappa shape index (κ2) is 5.00. The van der Waals surface area contributed by atoms with E-state index in [4.69, 9.17) is 5.73 Å². The van der Waals surface area contributed by atoms with Gasteiger partial charge in [-0.3, -0.25) is 0 Å². The lowest BCUT2D eigenvalue weighted by atomic mass is 10.1. The highest BCUT2D eigenvalue weighted by Gasteiger charge is 2.26. The largest absolute Gasteiger partial charge is 0.330 e. The van der Waals surface area contributed by atoms with Crippen LogP contribution in [0.5, 0.6) is 0 Å². The Morgan fingerprint density at radius 3 is 2.75 bits per heavy atom. The molecule has 1 fully saturated rings.